The first-order valence-corrected chi connectivity index (χ1v) is 13.3. The third-order valence-corrected chi connectivity index (χ3v) is 7.35. The molecule has 2 aliphatic heterocycles. The van der Waals surface area contributed by atoms with Gasteiger partial charge in [0.2, 0.25) is 5.91 Å². The van der Waals surface area contributed by atoms with Gasteiger partial charge in [-0.2, -0.15) is 4.98 Å². The number of carbonyl (C=O) groups excluding carboxylic acids is 2. The maximum atomic E-state index is 13.0. The summed E-state index contributed by atoms with van der Waals surface area (Å²) in [6.45, 7) is 10.7. The second-order valence-electron chi connectivity index (χ2n) is 11.2. The predicted octanol–water partition coefficient (Wildman–Crippen LogP) is 1.35. The fourth-order valence-electron chi connectivity index (χ4n) is 5.04. The Morgan fingerprint density at radius 1 is 1.03 bits per heavy atom. The topological polar surface area (TPSA) is 143 Å². The molecule has 11 heteroatoms. The highest BCUT2D eigenvalue weighted by Gasteiger charge is 2.38. The lowest BCUT2D eigenvalue weighted by molar-refractivity contribution is -0.141. The summed E-state index contributed by atoms with van der Waals surface area (Å²) in [5.41, 5.74) is 12.4. The van der Waals surface area contributed by atoms with Gasteiger partial charge in [-0.3, -0.25) is 19.6 Å². The lowest BCUT2D eigenvalue weighted by Gasteiger charge is -2.45. The summed E-state index contributed by atoms with van der Waals surface area (Å²) >= 11 is 0. The van der Waals surface area contributed by atoms with E-state index in [9.17, 15) is 14.4 Å². The van der Waals surface area contributed by atoms with E-state index in [2.05, 4.69) is 15.2 Å². The number of piperazine rings is 1. The molecular formula is C27H40N8O3. The van der Waals surface area contributed by atoms with Crippen molar-refractivity contribution in [3.05, 3.63) is 52.6 Å². The highest BCUT2D eigenvalue weighted by Crippen LogP contribution is 2.20. The second kappa shape index (κ2) is 11.2. The van der Waals surface area contributed by atoms with Crippen LogP contribution in [0.25, 0.3) is 5.69 Å². The van der Waals surface area contributed by atoms with Crippen LogP contribution in [0.2, 0.25) is 0 Å². The minimum atomic E-state index is -0.978. The number of hydrogen-bond acceptors (Lipinski definition) is 7. The molecule has 2 atom stereocenters. The number of nitrogens with two attached hydrogens (primary N) is 2. The van der Waals surface area contributed by atoms with E-state index < -0.39 is 11.2 Å². The lowest BCUT2D eigenvalue weighted by atomic mass is 10.0. The van der Waals surface area contributed by atoms with Gasteiger partial charge in [0.15, 0.2) is 0 Å². The van der Waals surface area contributed by atoms with Crippen LogP contribution in [0.5, 0.6) is 0 Å². The molecule has 1 aromatic carbocycles. The zero-order chi connectivity index (χ0) is 27.6. The fraction of sp³-hybridized carbons (Fsp3) is 0.556. The van der Waals surface area contributed by atoms with E-state index in [1.54, 1.807) is 35.9 Å². The molecule has 1 aromatic heterocycles. The van der Waals surface area contributed by atoms with E-state index in [1.807, 2.05) is 38.1 Å². The summed E-state index contributed by atoms with van der Waals surface area (Å²) in [5, 5.41) is 2.73. The van der Waals surface area contributed by atoms with Gasteiger partial charge in [-0.1, -0.05) is 12.1 Å². The molecule has 0 spiro atoms. The molecule has 1 unspecified atom stereocenters. The van der Waals surface area contributed by atoms with Gasteiger partial charge in [0.25, 0.3) is 0 Å². The molecule has 0 bridgehead atoms. The predicted molar refractivity (Wildman–Crippen MR) is 147 cm³/mol. The van der Waals surface area contributed by atoms with Crippen LogP contribution in [-0.2, 0) is 11.3 Å². The minimum Gasteiger partial charge on any atom is -0.335 e. The summed E-state index contributed by atoms with van der Waals surface area (Å²) in [7, 11) is 0. The van der Waals surface area contributed by atoms with Crippen molar-refractivity contribution < 1.29 is 9.59 Å². The standard InChI is InChI=1S/C27H40N8O3/c1-18-16-35(19(2)15-34(18)24(36)27(3,4)29)26(38)31-23-11-14-33(25(37)30-23)22-7-5-20(6-8-22)17-32-12-9-21(28)10-13-32/h5-8,11,14,18-19,21H,9-10,12-13,15-17,28-29H2,1-4H3,(H,30,31,37,38)/t18-,19?/m1/s1. The van der Waals surface area contributed by atoms with Gasteiger partial charge < -0.3 is 21.3 Å². The number of rotatable bonds is 5. The Morgan fingerprint density at radius 2 is 1.63 bits per heavy atom. The maximum Gasteiger partial charge on any atom is 0.354 e. The molecule has 0 saturated carbocycles. The lowest BCUT2D eigenvalue weighted by Crippen LogP contribution is -2.64. The molecule has 38 heavy (non-hydrogen) atoms. The van der Waals surface area contributed by atoms with Crippen molar-refractivity contribution in [1.82, 2.24) is 24.3 Å². The van der Waals surface area contributed by atoms with Crippen LogP contribution in [0.4, 0.5) is 10.6 Å². The number of carbonyl (C=O) groups is 2. The third-order valence-electron chi connectivity index (χ3n) is 7.35. The number of amides is 3. The molecule has 0 radical (unpaired) electrons. The number of aromatic nitrogens is 2. The molecule has 11 nitrogen and oxygen atoms in total. The summed E-state index contributed by atoms with van der Waals surface area (Å²) in [5.74, 6) is 0.0316. The van der Waals surface area contributed by atoms with E-state index in [0.29, 0.717) is 24.8 Å². The average Bonchev–Trinajstić information content (AvgIpc) is 2.86. The van der Waals surface area contributed by atoms with Gasteiger partial charge in [-0.15, -0.1) is 0 Å². The first-order chi connectivity index (χ1) is 17.9. The van der Waals surface area contributed by atoms with Crippen molar-refractivity contribution in [3.63, 3.8) is 0 Å². The van der Waals surface area contributed by atoms with Crippen LogP contribution < -0.4 is 22.5 Å². The number of nitrogens with one attached hydrogen (secondary N) is 1. The second-order valence-corrected chi connectivity index (χ2v) is 11.2. The summed E-state index contributed by atoms with van der Waals surface area (Å²) in [4.78, 5) is 48.3. The van der Waals surface area contributed by atoms with Crippen molar-refractivity contribution in [2.75, 3.05) is 31.5 Å². The van der Waals surface area contributed by atoms with Crippen molar-refractivity contribution in [1.29, 1.82) is 0 Å². The van der Waals surface area contributed by atoms with Crippen LogP contribution in [0, 0.1) is 0 Å². The monoisotopic (exact) mass is 524 g/mol. The highest BCUT2D eigenvalue weighted by molar-refractivity contribution is 5.89. The first kappa shape index (κ1) is 27.7. The summed E-state index contributed by atoms with van der Waals surface area (Å²) in [6, 6.07) is 8.97. The number of nitrogens with zero attached hydrogens (tertiary/aromatic N) is 5. The van der Waals surface area contributed by atoms with Crippen molar-refractivity contribution >= 4 is 17.8 Å². The molecule has 2 aromatic rings. The Bertz CT molecular complexity index is 1200. The smallest absolute Gasteiger partial charge is 0.335 e. The highest BCUT2D eigenvalue weighted by atomic mass is 16.2. The summed E-state index contributed by atoms with van der Waals surface area (Å²) < 4.78 is 1.45. The SMILES string of the molecule is CC1CN(C(=O)C(C)(C)N)[C@H](C)CN1C(=O)Nc1ccn(-c2ccc(CN3CCC(N)CC3)cc2)c(=O)n1. The van der Waals surface area contributed by atoms with E-state index in [4.69, 9.17) is 11.5 Å². The molecule has 0 aliphatic carbocycles. The van der Waals surface area contributed by atoms with Crippen LogP contribution in [0.1, 0.15) is 46.1 Å². The normalized spacial score (nSPS) is 21.4. The van der Waals surface area contributed by atoms with Gasteiger partial charge in [0.05, 0.1) is 11.2 Å². The number of benzene rings is 1. The van der Waals surface area contributed by atoms with Gasteiger partial charge >= 0.3 is 11.7 Å². The molecule has 3 heterocycles. The fourth-order valence-corrected chi connectivity index (χ4v) is 5.04. The number of piperidine rings is 1. The van der Waals surface area contributed by atoms with Crippen LogP contribution in [0.15, 0.2) is 41.3 Å². The quantitative estimate of drug-likeness (QED) is 0.536. The molecule has 3 amide bonds. The molecule has 2 aliphatic rings. The van der Waals surface area contributed by atoms with Gasteiger partial charge in [-0.25, -0.2) is 9.59 Å². The molecule has 206 valence electrons. The van der Waals surface area contributed by atoms with Crippen LogP contribution >= 0.6 is 0 Å². The largest absolute Gasteiger partial charge is 0.354 e. The van der Waals surface area contributed by atoms with Gasteiger partial charge in [-0.05, 0) is 77.4 Å². The summed E-state index contributed by atoms with van der Waals surface area (Å²) in [6.07, 6.45) is 3.64. The Labute approximate surface area is 223 Å². The third kappa shape index (κ3) is 6.40. The molecule has 5 N–H and O–H groups in total. The van der Waals surface area contributed by atoms with Crippen LogP contribution in [-0.4, -0.2) is 86.0 Å². The molecule has 2 saturated heterocycles. The van der Waals surface area contributed by atoms with E-state index >= 15 is 0 Å². The number of anilines is 1. The van der Waals surface area contributed by atoms with Crippen molar-refractivity contribution in [2.45, 2.75) is 70.7 Å². The Hall–Kier alpha value is -3.28. The zero-order valence-electron chi connectivity index (χ0n) is 22.8. The Kier molecular flexibility index (Phi) is 8.19. The molecular weight excluding hydrogens is 484 g/mol. The van der Waals surface area contributed by atoms with Gasteiger partial charge in [0, 0.05) is 44.0 Å². The minimum absolute atomic E-state index is 0.147. The molecule has 4 rings (SSSR count). The number of urea groups is 1. The molecule has 2 fully saturated rings. The Balaban J connectivity index is 1.37. The first-order valence-electron chi connectivity index (χ1n) is 13.3. The average molecular weight is 525 g/mol. The maximum absolute atomic E-state index is 13.0. The number of hydrogen-bond donors (Lipinski definition) is 3. The van der Waals surface area contributed by atoms with Crippen LogP contribution in [0.3, 0.4) is 0 Å². The van der Waals surface area contributed by atoms with Crippen molar-refractivity contribution in [2.24, 2.45) is 11.5 Å². The number of likely N-dealkylation sites (tertiary alicyclic amines) is 1. The van der Waals surface area contributed by atoms with Crippen molar-refractivity contribution in [3.8, 4) is 5.69 Å². The Morgan fingerprint density at radius 3 is 2.24 bits per heavy atom. The van der Waals surface area contributed by atoms with E-state index in [1.165, 1.54) is 10.1 Å². The van der Waals surface area contributed by atoms with E-state index in [0.717, 1.165) is 32.5 Å². The zero-order valence-corrected chi connectivity index (χ0v) is 22.8. The van der Waals surface area contributed by atoms with Gasteiger partial charge in [0.1, 0.15) is 5.82 Å². The van der Waals surface area contributed by atoms with E-state index in [-0.39, 0.29) is 29.8 Å².